The van der Waals surface area contributed by atoms with Gasteiger partial charge < -0.3 is 9.73 Å². The summed E-state index contributed by atoms with van der Waals surface area (Å²) in [5.74, 6) is 0.148. The van der Waals surface area contributed by atoms with Gasteiger partial charge in [0.05, 0.1) is 6.26 Å². The van der Waals surface area contributed by atoms with E-state index in [0.717, 1.165) is 31.6 Å². The first kappa shape index (κ1) is 16.7. The summed E-state index contributed by atoms with van der Waals surface area (Å²) in [6.45, 7) is 4.63. The Morgan fingerprint density at radius 3 is 3.04 bits per heavy atom. The molecule has 126 valence electrons. The predicted molar refractivity (Wildman–Crippen MR) is 92.9 cm³/mol. The molecule has 0 fully saturated rings. The van der Waals surface area contributed by atoms with Crippen LogP contribution in [0.4, 0.5) is 0 Å². The first-order valence-electron chi connectivity index (χ1n) is 7.98. The number of amides is 1. The van der Waals surface area contributed by atoms with Crippen LogP contribution in [0.2, 0.25) is 5.15 Å². The van der Waals surface area contributed by atoms with Crippen molar-refractivity contribution in [3.8, 4) is 0 Å². The molecule has 1 aliphatic rings. The second-order valence-electron chi connectivity index (χ2n) is 5.94. The van der Waals surface area contributed by atoms with Gasteiger partial charge in [0.2, 0.25) is 0 Å². The molecule has 0 saturated heterocycles. The number of furan rings is 1. The van der Waals surface area contributed by atoms with Gasteiger partial charge in [0.1, 0.15) is 5.15 Å². The fourth-order valence-electron chi connectivity index (χ4n) is 2.81. The zero-order valence-electron chi connectivity index (χ0n) is 13.5. The molecule has 0 aromatic carbocycles. The van der Waals surface area contributed by atoms with Gasteiger partial charge in [0, 0.05) is 31.9 Å². The van der Waals surface area contributed by atoms with Crippen LogP contribution in [-0.2, 0) is 6.54 Å². The standard InChI is InChI=1S/C18H20ClN3O2/c1-13(21-18(23)16-5-3-9-24-16)15-4-2-8-22(12-15)11-14-6-7-17(19)20-10-14/h3-7,9-10,13H,2,8,11-12H2,1H3,(H,21,23)/t13-/m0/s1. The Morgan fingerprint density at radius 2 is 2.33 bits per heavy atom. The number of nitrogens with one attached hydrogen (secondary N) is 1. The van der Waals surface area contributed by atoms with Crippen LogP contribution in [0.5, 0.6) is 0 Å². The second kappa shape index (κ2) is 7.64. The highest BCUT2D eigenvalue weighted by atomic mass is 35.5. The van der Waals surface area contributed by atoms with Crippen molar-refractivity contribution < 1.29 is 9.21 Å². The van der Waals surface area contributed by atoms with Crippen LogP contribution in [0, 0.1) is 0 Å². The fourth-order valence-corrected chi connectivity index (χ4v) is 2.92. The van der Waals surface area contributed by atoms with E-state index in [0.29, 0.717) is 10.9 Å². The first-order chi connectivity index (χ1) is 11.6. The Kier molecular flexibility index (Phi) is 5.33. The summed E-state index contributed by atoms with van der Waals surface area (Å²) in [4.78, 5) is 18.6. The van der Waals surface area contributed by atoms with Crippen LogP contribution in [0.15, 0.2) is 52.8 Å². The van der Waals surface area contributed by atoms with Gasteiger partial charge in [0.15, 0.2) is 5.76 Å². The van der Waals surface area contributed by atoms with Gasteiger partial charge in [-0.05, 0) is 42.7 Å². The molecular weight excluding hydrogens is 326 g/mol. The largest absolute Gasteiger partial charge is 0.459 e. The highest BCUT2D eigenvalue weighted by Gasteiger charge is 2.20. The lowest BCUT2D eigenvalue weighted by Gasteiger charge is -2.30. The molecule has 2 aromatic heterocycles. The molecule has 0 radical (unpaired) electrons. The number of halogens is 1. The number of aromatic nitrogens is 1. The van der Waals surface area contributed by atoms with Gasteiger partial charge in [-0.3, -0.25) is 9.69 Å². The van der Waals surface area contributed by atoms with Gasteiger partial charge in [-0.15, -0.1) is 0 Å². The Balaban J connectivity index is 1.57. The van der Waals surface area contributed by atoms with Crippen LogP contribution in [-0.4, -0.2) is 34.9 Å². The molecule has 0 spiro atoms. The smallest absolute Gasteiger partial charge is 0.287 e. The Morgan fingerprint density at radius 1 is 1.46 bits per heavy atom. The molecular formula is C18H20ClN3O2. The third kappa shape index (κ3) is 4.24. The van der Waals surface area contributed by atoms with Crippen molar-refractivity contribution in [3.05, 3.63) is 64.9 Å². The maximum absolute atomic E-state index is 12.1. The number of nitrogens with zero attached hydrogens (tertiary/aromatic N) is 2. The molecule has 1 atom stereocenters. The molecule has 3 rings (SSSR count). The zero-order chi connectivity index (χ0) is 16.9. The molecule has 0 bridgehead atoms. The zero-order valence-corrected chi connectivity index (χ0v) is 14.3. The average molecular weight is 346 g/mol. The highest BCUT2D eigenvalue weighted by molar-refractivity contribution is 6.29. The molecule has 1 N–H and O–H groups in total. The van der Waals surface area contributed by atoms with E-state index in [-0.39, 0.29) is 11.9 Å². The van der Waals surface area contributed by atoms with Crippen LogP contribution in [0.25, 0.3) is 0 Å². The van der Waals surface area contributed by atoms with Crippen LogP contribution in [0.3, 0.4) is 0 Å². The monoisotopic (exact) mass is 345 g/mol. The summed E-state index contributed by atoms with van der Waals surface area (Å²) >= 11 is 5.83. The molecule has 0 aliphatic carbocycles. The van der Waals surface area contributed by atoms with Crippen molar-refractivity contribution in [2.24, 2.45) is 0 Å². The summed E-state index contributed by atoms with van der Waals surface area (Å²) in [6.07, 6.45) is 6.49. The fraction of sp³-hybridized carbons (Fsp3) is 0.333. The van der Waals surface area contributed by atoms with Crippen molar-refractivity contribution in [2.45, 2.75) is 25.9 Å². The van der Waals surface area contributed by atoms with E-state index in [1.165, 1.54) is 11.8 Å². The van der Waals surface area contributed by atoms with E-state index in [4.69, 9.17) is 16.0 Å². The Bertz CT molecular complexity index is 710. The van der Waals surface area contributed by atoms with Crippen molar-refractivity contribution in [1.29, 1.82) is 0 Å². The third-order valence-electron chi connectivity index (χ3n) is 4.10. The molecule has 6 heteroatoms. The summed E-state index contributed by atoms with van der Waals surface area (Å²) in [6, 6.07) is 7.14. The van der Waals surface area contributed by atoms with E-state index in [9.17, 15) is 4.79 Å². The quantitative estimate of drug-likeness (QED) is 0.667. The number of hydrogen-bond donors (Lipinski definition) is 1. The van der Waals surface area contributed by atoms with E-state index in [2.05, 4.69) is 21.3 Å². The normalized spacial score (nSPS) is 16.5. The number of carbonyl (C=O) groups excluding carboxylic acids is 1. The van der Waals surface area contributed by atoms with Crippen molar-refractivity contribution >= 4 is 17.5 Å². The van der Waals surface area contributed by atoms with Crippen molar-refractivity contribution in [2.75, 3.05) is 13.1 Å². The van der Waals surface area contributed by atoms with E-state index >= 15 is 0 Å². The maximum Gasteiger partial charge on any atom is 0.287 e. The molecule has 5 nitrogen and oxygen atoms in total. The van der Waals surface area contributed by atoms with Crippen LogP contribution in [0.1, 0.15) is 29.5 Å². The first-order valence-corrected chi connectivity index (χ1v) is 8.35. The van der Waals surface area contributed by atoms with Crippen LogP contribution < -0.4 is 5.32 Å². The van der Waals surface area contributed by atoms with Gasteiger partial charge in [-0.25, -0.2) is 4.98 Å². The Labute approximate surface area is 146 Å². The van der Waals surface area contributed by atoms with E-state index in [1.807, 2.05) is 25.3 Å². The summed E-state index contributed by atoms with van der Waals surface area (Å²) in [5, 5.41) is 3.49. The number of carbonyl (C=O) groups is 1. The average Bonchev–Trinajstić information content (AvgIpc) is 3.12. The van der Waals surface area contributed by atoms with Gasteiger partial charge in [-0.2, -0.15) is 0 Å². The minimum atomic E-state index is -0.188. The predicted octanol–water partition coefficient (Wildman–Crippen LogP) is 3.28. The van der Waals surface area contributed by atoms with Gasteiger partial charge in [-0.1, -0.05) is 23.7 Å². The SMILES string of the molecule is C[C@H](NC(=O)c1ccco1)C1=CCCN(Cc2ccc(Cl)nc2)C1. The molecule has 1 aliphatic heterocycles. The number of pyridine rings is 1. The molecule has 0 unspecified atom stereocenters. The number of rotatable bonds is 5. The molecule has 24 heavy (non-hydrogen) atoms. The van der Waals surface area contributed by atoms with Crippen molar-refractivity contribution in [3.63, 3.8) is 0 Å². The van der Waals surface area contributed by atoms with Gasteiger partial charge in [0.25, 0.3) is 5.91 Å². The lowest BCUT2D eigenvalue weighted by Crippen LogP contribution is -2.40. The lowest BCUT2D eigenvalue weighted by atomic mass is 10.0. The summed E-state index contributed by atoms with van der Waals surface area (Å²) in [7, 11) is 0. The minimum absolute atomic E-state index is 0.0336. The molecule has 2 aromatic rings. The molecule has 1 amide bonds. The van der Waals surface area contributed by atoms with Crippen molar-refractivity contribution in [1.82, 2.24) is 15.2 Å². The maximum atomic E-state index is 12.1. The highest BCUT2D eigenvalue weighted by Crippen LogP contribution is 2.17. The minimum Gasteiger partial charge on any atom is -0.459 e. The van der Waals surface area contributed by atoms with Crippen LogP contribution >= 0.6 is 11.6 Å². The summed E-state index contributed by atoms with van der Waals surface area (Å²) < 4.78 is 5.13. The molecule has 0 saturated carbocycles. The number of hydrogen-bond acceptors (Lipinski definition) is 4. The lowest BCUT2D eigenvalue weighted by molar-refractivity contribution is 0.0915. The van der Waals surface area contributed by atoms with E-state index in [1.54, 1.807) is 12.1 Å². The molecule has 3 heterocycles. The summed E-state index contributed by atoms with van der Waals surface area (Å²) in [5.41, 5.74) is 2.34. The second-order valence-corrected chi connectivity index (χ2v) is 6.33. The third-order valence-corrected chi connectivity index (χ3v) is 4.33. The topological polar surface area (TPSA) is 58.4 Å². The van der Waals surface area contributed by atoms with E-state index < -0.39 is 0 Å². The van der Waals surface area contributed by atoms with Gasteiger partial charge >= 0.3 is 0 Å². The Hall–Kier alpha value is -2.11.